The van der Waals surface area contributed by atoms with Crippen LogP contribution in [0.1, 0.15) is 43.2 Å². The van der Waals surface area contributed by atoms with Gasteiger partial charge < -0.3 is 10.3 Å². The highest BCUT2D eigenvalue weighted by Gasteiger charge is 2.16. The number of thioether (sulfide) groups is 1. The van der Waals surface area contributed by atoms with E-state index in [-0.39, 0.29) is 23.5 Å². The van der Waals surface area contributed by atoms with Gasteiger partial charge in [0.1, 0.15) is 5.03 Å². The third-order valence-electron chi connectivity index (χ3n) is 2.80. The zero-order chi connectivity index (χ0) is 15.3. The molecule has 2 N–H and O–H groups in total. The molecule has 0 aromatic carbocycles. The van der Waals surface area contributed by atoms with Gasteiger partial charge in [-0.05, 0) is 27.2 Å². The number of aromatic nitrogens is 2. The normalized spacial score (nSPS) is 12.0. The van der Waals surface area contributed by atoms with E-state index in [9.17, 15) is 14.4 Å². The lowest BCUT2D eigenvalue weighted by Crippen LogP contribution is -2.33. The van der Waals surface area contributed by atoms with Crippen molar-refractivity contribution in [1.82, 2.24) is 15.3 Å². The minimum atomic E-state index is -0.516. The van der Waals surface area contributed by atoms with E-state index >= 15 is 0 Å². The average Bonchev–Trinajstić information content (AvgIpc) is 2.34. The Morgan fingerprint density at radius 1 is 1.45 bits per heavy atom. The summed E-state index contributed by atoms with van der Waals surface area (Å²) in [5.41, 5.74) is 0.325. The lowest BCUT2D eigenvalue weighted by atomic mass is 10.2. The zero-order valence-electron chi connectivity index (χ0n) is 12.1. The van der Waals surface area contributed by atoms with Crippen molar-refractivity contribution in [2.45, 2.75) is 45.2 Å². The van der Waals surface area contributed by atoms with Crippen molar-refractivity contribution in [1.29, 1.82) is 0 Å². The maximum Gasteiger partial charge on any atom is 0.346 e. The topological polar surface area (TPSA) is 91.9 Å². The Morgan fingerprint density at radius 3 is 2.65 bits per heavy atom. The number of H-pyrrole nitrogens is 1. The monoisotopic (exact) mass is 297 g/mol. The lowest BCUT2D eigenvalue weighted by molar-refractivity contribution is -0.119. The summed E-state index contributed by atoms with van der Waals surface area (Å²) in [6.07, 6.45) is 0.845. The van der Waals surface area contributed by atoms with Crippen molar-refractivity contribution < 1.29 is 9.59 Å². The molecule has 6 nitrogen and oxygen atoms in total. The maximum absolute atomic E-state index is 11.7. The third kappa shape index (κ3) is 4.48. The first-order chi connectivity index (χ1) is 9.35. The molecular weight excluding hydrogens is 278 g/mol. The summed E-state index contributed by atoms with van der Waals surface area (Å²) in [6, 6.07) is 0.101. The second-order valence-electron chi connectivity index (χ2n) is 4.57. The summed E-state index contributed by atoms with van der Waals surface area (Å²) in [6.45, 7) is 6.95. The van der Waals surface area contributed by atoms with Gasteiger partial charge in [-0.25, -0.2) is 4.79 Å². The van der Waals surface area contributed by atoms with Crippen LogP contribution in [-0.2, 0) is 4.79 Å². The average molecular weight is 297 g/mol. The standard InChI is InChI=1S/C13H19N3O3S/c1-5-7(2)14-10(18)6-20-12-11(9(4)17)8(3)15-13(19)16-12/h7H,5-6H2,1-4H3,(H,14,18)(H,15,16,19)/t7-/m1/s1. The number of carbonyl (C=O) groups excluding carboxylic acids is 2. The molecule has 0 spiro atoms. The first-order valence-corrected chi connectivity index (χ1v) is 7.37. The number of nitrogens with one attached hydrogen (secondary N) is 2. The van der Waals surface area contributed by atoms with E-state index in [0.29, 0.717) is 16.3 Å². The zero-order valence-corrected chi connectivity index (χ0v) is 12.9. The lowest BCUT2D eigenvalue weighted by Gasteiger charge is -2.11. The van der Waals surface area contributed by atoms with Crippen LogP contribution in [0.4, 0.5) is 0 Å². The van der Waals surface area contributed by atoms with E-state index in [1.807, 2.05) is 13.8 Å². The highest BCUT2D eigenvalue weighted by Crippen LogP contribution is 2.21. The molecule has 1 aromatic heterocycles. The molecule has 1 heterocycles. The first kappa shape index (κ1) is 16.4. The molecule has 0 unspecified atom stereocenters. The Morgan fingerprint density at radius 2 is 2.10 bits per heavy atom. The van der Waals surface area contributed by atoms with Crippen molar-refractivity contribution in [3.63, 3.8) is 0 Å². The molecule has 0 aliphatic heterocycles. The van der Waals surface area contributed by atoms with Gasteiger partial charge in [-0.1, -0.05) is 18.7 Å². The van der Waals surface area contributed by atoms with Gasteiger partial charge in [0.05, 0.1) is 11.3 Å². The number of rotatable bonds is 6. The van der Waals surface area contributed by atoms with Crippen LogP contribution in [0, 0.1) is 6.92 Å². The van der Waals surface area contributed by atoms with Crippen molar-refractivity contribution in [3.05, 3.63) is 21.7 Å². The minimum absolute atomic E-state index is 0.101. The summed E-state index contributed by atoms with van der Waals surface area (Å²) in [5, 5.41) is 3.12. The summed E-state index contributed by atoms with van der Waals surface area (Å²) in [4.78, 5) is 40.9. The predicted molar refractivity (Wildman–Crippen MR) is 78.2 cm³/mol. The van der Waals surface area contributed by atoms with Crippen molar-refractivity contribution in [3.8, 4) is 0 Å². The molecule has 0 saturated carbocycles. The van der Waals surface area contributed by atoms with Crippen LogP contribution >= 0.6 is 11.8 Å². The number of amides is 1. The van der Waals surface area contributed by atoms with E-state index in [0.717, 1.165) is 18.2 Å². The fraction of sp³-hybridized carbons (Fsp3) is 0.538. The Balaban J connectivity index is 2.85. The Labute approximate surface area is 121 Å². The second-order valence-corrected chi connectivity index (χ2v) is 5.53. The van der Waals surface area contributed by atoms with E-state index in [1.54, 1.807) is 6.92 Å². The molecule has 0 saturated heterocycles. The largest absolute Gasteiger partial charge is 0.353 e. The van der Waals surface area contributed by atoms with Crippen LogP contribution < -0.4 is 11.0 Å². The molecule has 0 radical (unpaired) electrons. The van der Waals surface area contributed by atoms with Gasteiger partial charge in [0, 0.05) is 11.7 Å². The SMILES string of the molecule is CC[C@@H](C)NC(=O)CSc1nc(=O)[nH]c(C)c1C(C)=O. The summed E-state index contributed by atoms with van der Waals surface area (Å²) >= 11 is 1.10. The number of ketones is 1. The number of nitrogens with zero attached hydrogens (tertiary/aromatic N) is 1. The van der Waals surface area contributed by atoms with Gasteiger partial charge in [-0.3, -0.25) is 9.59 Å². The molecule has 0 bridgehead atoms. The van der Waals surface area contributed by atoms with Gasteiger partial charge >= 0.3 is 5.69 Å². The molecule has 0 aliphatic carbocycles. The molecule has 7 heteroatoms. The van der Waals surface area contributed by atoms with Crippen LogP contribution in [0.25, 0.3) is 0 Å². The molecule has 0 fully saturated rings. The van der Waals surface area contributed by atoms with Crippen molar-refractivity contribution >= 4 is 23.5 Å². The van der Waals surface area contributed by atoms with Crippen molar-refractivity contribution in [2.24, 2.45) is 0 Å². The molecule has 1 amide bonds. The van der Waals surface area contributed by atoms with Crippen LogP contribution in [-0.4, -0.2) is 33.5 Å². The van der Waals surface area contributed by atoms with Gasteiger partial charge in [0.25, 0.3) is 0 Å². The maximum atomic E-state index is 11.7. The predicted octanol–water partition coefficient (Wildman–Crippen LogP) is 1.29. The van der Waals surface area contributed by atoms with Gasteiger partial charge in [0.15, 0.2) is 5.78 Å². The van der Waals surface area contributed by atoms with Crippen LogP contribution in [0.3, 0.4) is 0 Å². The Hall–Kier alpha value is -1.63. The minimum Gasteiger partial charge on any atom is -0.353 e. The van der Waals surface area contributed by atoms with E-state index in [1.165, 1.54) is 6.92 Å². The third-order valence-corrected chi connectivity index (χ3v) is 3.77. The van der Waals surface area contributed by atoms with Crippen LogP contribution in [0.15, 0.2) is 9.82 Å². The van der Waals surface area contributed by atoms with Crippen LogP contribution in [0.5, 0.6) is 0 Å². The summed E-state index contributed by atoms with van der Waals surface area (Å²) in [7, 11) is 0. The molecule has 1 aromatic rings. The highest BCUT2D eigenvalue weighted by atomic mass is 32.2. The quantitative estimate of drug-likeness (QED) is 0.469. The van der Waals surface area contributed by atoms with Gasteiger partial charge in [0.2, 0.25) is 5.91 Å². The Kier molecular flexibility index (Phi) is 5.94. The molecule has 110 valence electrons. The van der Waals surface area contributed by atoms with Gasteiger partial charge in [-0.15, -0.1) is 0 Å². The fourth-order valence-electron chi connectivity index (χ4n) is 1.63. The number of Topliss-reactive ketones (excluding diaryl/α,β-unsaturated/α-hetero) is 1. The molecule has 20 heavy (non-hydrogen) atoms. The molecule has 0 aliphatic rings. The van der Waals surface area contributed by atoms with Gasteiger partial charge in [-0.2, -0.15) is 4.98 Å². The number of hydrogen-bond acceptors (Lipinski definition) is 5. The van der Waals surface area contributed by atoms with Crippen molar-refractivity contribution in [2.75, 3.05) is 5.75 Å². The molecular formula is C13H19N3O3S. The van der Waals surface area contributed by atoms with E-state index in [2.05, 4.69) is 15.3 Å². The molecule has 1 atom stereocenters. The fourth-order valence-corrected chi connectivity index (χ4v) is 2.57. The number of aromatic amines is 1. The number of carbonyl (C=O) groups is 2. The van der Waals surface area contributed by atoms with E-state index < -0.39 is 5.69 Å². The Bertz CT molecular complexity index is 568. The van der Waals surface area contributed by atoms with E-state index in [4.69, 9.17) is 0 Å². The smallest absolute Gasteiger partial charge is 0.346 e. The number of aryl methyl sites for hydroxylation is 1. The highest BCUT2D eigenvalue weighted by molar-refractivity contribution is 8.00. The first-order valence-electron chi connectivity index (χ1n) is 6.39. The molecule has 1 rings (SSSR count). The summed E-state index contributed by atoms with van der Waals surface area (Å²) < 4.78 is 0. The summed E-state index contributed by atoms with van der Waals surface area (Å²) in [5.74, 6) is -0.199. The van der Waals surface area contributed by atoms with Crippen LogP contribution in [0.2, 0.25) is 0 Å². The second kappa shape index (κ2) is 7.23. The number of hydrogen-bond donors (Lipinski definition) is 2.